The van der Waals surface area contributed by atoms with Crippen LogP contribution in [-0.4, -0.2) is 26.6 Å². The summed E-state index contributed by atoms with van der Waals surface area (Å²) in [4.78, 5) is 29.6. The Balaban J connectivity index is 1.48. The summed E-state index contributed by atoms with van der Waals surface area (Å²) < 4.78 is 35.2. The maximum Gasteiger partial charge on any atom is 0.291 e. The van der Waals surface area contributed by atoms with Crippen LogP contribution < -0.4 is 11.1 Å². The number of alkyl halides is 2. The van der Waals surface area contributed by atoms with E-state index in [4.69, 9.17) is 10.2 Å². The lowest BCUT2D eigenvalue weighted by Gasteiger charge is -2.09. The summed E-state index contributed by atoms with van der Waals surface area (Å²) in [5.74, 6) is -0.758. The van der Waals surface area contributed by atoms with Gasteiger partial charge in [-0.05, 0) is 72.3 Å². The van der Waals surface area contributed by atoms with Crippen molar-refractivity contribution in [3.63, 3.8) is 0 Å². The number of carbonyl (C=O) groups is 2. The summed E-state index contributed by atoms with van der Waals surface area (Å²) in [6, 6.07) is 4.56. The molecule has 4 aromatic heterocycles. The van der Waals surface area contributed by atoms with Crippen LogP contribution in [0.3, 0.4) is 0 Å². The molecule has 0 unspecified atom stereocenters. The molecular weight excluding hydrogens is 544 g/mol. The van der Waals surface area contributed by atoms with Crippen molar-refractivity contribution in [2.75, 3.05) is 5.32 Å². The van der Waals surface area contributed by atoms with E-state index in [0.29, 0.717) is 23.3 Å². The van der Waals surface area contributed by atoms with E-state index in [1.54, 1.807) is 10.7 Å². The lowest BCUT2D eigenvalue weighted by molar-refractivity contribution is 0.0994. The zero-order valence-electron chi connectivity index (χ0n) is 18.7. The molecule has 0 saturated heterocycles. The number of anilines is 1. The molecule has 0 atom stereocenters. The van der Waals surface area contributed by atoms with Crippen LogP contribution in [0, 0.1) is 13.8 Å². The molecule has 35 heavy (non-hydrogen) atoms. The molecule has 0 radical (unpaired) electrons. The Hall–Kier alpha value is -3.12. The summed E-state index contributed by atoms with van der Waals surface area (Å²) in [6.45, 7) is 4.12. The lowest BCUT2D eigenvalue weighted by Crippen LogP contribution is -2.16. The molecule has 12 heteroatoms. The standard InChI is InChI=1S/C23H20BrF2N5O3S/c1-9-17(24)10(2)31(30-9)8-12-5-6-15(34-12)22(33)29-18-16-13(11-3-4-11)7-14(20(25)26)28-23(16)35-19(18)21(27)32/h5-7,11,20H,3-4,8H2,1-2H3,(H2,27,32)(H,29,33). The number of amides is 2. The van der Waals surface area contributed by atoms with Crippen molar-refractivity contribution in [3.8, 4) is 0 Å². The zero-order chi connectivity index (χ0) is 25.0. The minimum absolute atomic E-state index is 0.0282. The van der Waals surface area contributed by atoms with Gasteiger partial charge in [0.25, 0.3) is 18.2 Å². The second-order valence-electron chi connectivity index (χ2n) is 8.42. The highest BCUT2D eigenvalue weighted by Gasteiger charge is 2.32. The van der Waals surface area contributed by atoms with Crippen LogP contribution in [0.2, 0.25) is 0 Å². The fraction of sp³-hybridized carbons (Fsp3) is 0.304. The highest BCUT2D eigenvalue weighted by atomic mass is 79.9. The maximum absolute atomic E-state index is 13.4. The van der Waals surface area contributed by atoms with Gasteiger partial charge in [-0.2, -0.15) is 5.10 Å². The summed E-state index contributed by atoms with van der Waals surface area (Å²) >= 11 is 4.38. The summed E-state index contributed by atoms with van der Waals surface area (Å²) in [7, 11) is 0. The van der Waals surface area contributed by atoms with E-state index < -0.39 is 18.2 Å². The van der Waals surface area contributed by atoms with Gasteiger partial charge in [-0.15, -0.1) is 11.3 Å². The third-order valence-corrected chi connectivity index (χ3v) is 8.15. The smallest absolute Gasteiger partial charge is 0.291 e. The molecule has 4 aromatic rings. The predicted molar refractivity (Wildman–Crippen MR) is 130 cm³/mol. The van der Waals surface area contributed by atoms with Gasteiger partial charge in [0.05, 0.1) is 28.1 Å². The SMILES string of the molecule is Cc1nn(Cc2ccc(C(=O)Nc3c(C(N)=O)sc4nc(C(F)F)cc(C5CC5)c34)o2)c(C)c1Br. The average Bonchev–Trinajstić information content (AvgIpc) is 3.37. The minimum Gasteiger partial charge on any atom is -0.454 e. The predicted octanol–water partition coefficient (Wildman–Crippen LogP) is 5.68. The molecule has 0 bridgehead atoms. The largest absolute Gasteiger partial charge is 0.454 e. The molecular formula is C23H20BrF2N5O3S. The maximum atomic E-state index is 13.4. The number of furan rings is 1. The zero-order valence-corrected chi connectivity index (χ0v) is 21.1. The number of thiophene rings is 1. The van der Waals surface area contributed by atoms with Crippen molar-refractivity contribution in [2.45, 2.75) is 45.6 Å². The normalized spacial score (nSPS) is 13.7. The number of nitrogens with zero attached hydrogens (tertiary/aromatic N) is 3. The van der Waals surface area contributed by atoms with Gasteiger partial charge in [0.1, 0.15) is 21.2 Å². The van der Waals surface area contributed by atoms with Gasteiger partial charge >= 0.3 is 0 Å². The molecule has 5 rings (SSSR count). The van der Waals surface area contributed by atoms with Crippen molar-refractivity contribution >= 4 is 55.0 Å². The first-order valence-electron chi connectivity index (χ1n) is 10.8. The highest BCUT2D eigenvalue weighted by Crippen LogP contribution is 2.48. The third-order valence-electron chi connectivity index (χ3n) is 5.90. The molecule has 1 aliphatic rings. The van der Waals surface area contributed by atoms with Crippen LogP contribution in [0.5, 0.6) is 0 Å². The fourth-order valence-electron chi connectivity index (χ4n) is 4.00. The Morgan fingerprint density at radius 2 is 2.09 bits per heavy atom. The molecule has 1 fully saturated rings. The van der Waals surface area contributed by atoms with Gasteiger partial charge < -0.3 is 15.5 Å². The van der Waals surface area contributed by atoms with Gasteiger partial charge in [0, 0.05) is 5.39 Å². The van der Waals surface area contributed by atoms with Crippen LogP contribution in [0.25, 0.3) is 10.2 Å². The van der Waals surface area contributed by atoms with E-state index in [9.17, 15) is 18.4 Å². The molecule has 1 saturated carbocycles. The number of hydrogen-bond acceptors (Lipinski definition) is 6. The molecule has 4 heterocycles. The Kier molecular flexibility index (Phi) is 5.96. The number of carbonyl (C=O) groups excluding carboxylic acids is 2. The van der Waals surface area contributed by atoms with Crippen LogP contribution in [0.1, 0.15) is 73.8 Å². The summed E-state index contributed by atoms with van der Waals surface area (Å²) in [6.07, 6.45) is -1.08. The number of nitrogens with two attached hydrogens (primary N) is 1. The number of rotatable bonds is 7. The first kappa shape index (κ1) is 23.6. The van der Waals surface area contributed by atoms with Crippen molar-refractivity contribution in [1.29, 1.82) is 0 Å². The molecule has 0 spiro atoms. The molecule has 182 valence electrons. The van der Waals surface area contributed by atoms with Crippen molar-refractivity contribution in [1.82, 2.24) is 14.8 Å². The van der Waals surface area contributed by atoms with Crippen LogP contribution >= 0.6 is 27.3 Å². The second-order valence-corrected chi connectivity index (χ2v) is 10.2. The van der Waals surface area contributed by atoms with Crippen molar-refractivity contribution < 1.29 is 22.8 Å². The number of halogens is 3. The lowest BCUT2D eigenvalue weighted by atomic mass is 10.0. The van der Waals surface area contributed by atoms with Crippen LogP contribution in [0.15, 0.2) is 27.1 Å². The number of aromatic nitrogens is 3. The number of hydrogen-bond donors (Lipinski definition) is 2. The van der Waals surface area contributed by atoms with E-state index >= 15 is 0 Å². The van der Waals surface area contributed by atoms with E-state index in [1.165, 1.54) is 12.1 Å². The number of pyridine rings is 1. The molecule has 8 nitrogen and oxygen atoms in total. The van der Waals surface area contributed by atoms with Gasteiger partial charge in [-0.1, -0.05) is 0 Å². The van der Waals surface area contributed by atoms with Crippen LogP contribution in [0.4, 0.5) is 14.5 Å². The quantitative estimate of drug-likeness (QED) is 0.300. The van der Waals surface area contributed by atoms with Gasteiger partial charge in [-0.3, -0.25) is 14.3 Å². The molecule has 2 amide bonds. The molecule has 3 N–H and O–H groups in total. The van der Waals surface area contributed by atoms with Crippen molar-refractivity contribution in [2.24, 2.45) is 5.73 Å². The van der Waals surface area contributed by atoms with Crippen molar-refractivity contribution in [3.05, 3.63) is 61.7 Å². The first-order valence-corrected chi connectivity index (χ1v) is 12.4. The summed E-state index contributed by atoms with van der Waals surface area (Å²) in [5.41, 5.74) is 7.77. The fourth-order valence-corrected chi connectivity index (χ4v) is 5.31. The third kappa shape index (κ3) is 4.36. The first-order chi connectivity index (χ1) is 16.6. The van der Waals surface area contributed by atoms with E-state index in [2.05, 4.69) is 31.3 Å². The molecule has 0 aromatic carbocycles. The van der Waals surface area contributed by atoms with E-state index in [-0.39, 0.29) is 32.8 Å². The average molecular weight is 564 g/mol. The van der Waals surface area contributed by atoms with E-state index in [1.807, 2.05) is 13.8 Å². The summed E-state index contributed by atoms with van der Waals surface area (Å²) in [5, 5.41) is 7.64. The number of aryl methyl sites for hydroxylation is 1. The van der Waals surface area contributed by atoms with Gasteiger partial charge in [-0.25, -0.2) is 13.8 Å². The van der Waals surface area contributed by atoms with Gasteiger partial charge in [0.2, 0.25) is 0 Å². The Labute approximate surface area is 210 Å². The topological polar surface area (TPSA) is 116 Å². The monoisotopic (exact) mass is 563 g/mol. The van der Waals surface area contributed by atoms with Gasteiger partial charge in [0.15, 0.2) is 5.76 Å². The number of nitrogens with one attached hydrogen (secondary N) is 1. The minimum atomic E-state index is -2.75. The highest BCUT2D eigenvalue weighted by molar-refractivity contribution is 9.10. The number of primary amides is 1. The Bertz CT molecular complexity index is 1490. The number of fused-ring (bicyclic) bond motifs is 1. The molecule has 0 aliphatic heterocycles. The Morgan fingerprint density at radius 1 is 1.34 bits per heavy atom. The molecule has 1 aliphatic carbocycles. The van der Waals surface area contributed by atoms with E-state index in [0.717, 1.165) is 40.0 Å². The Morgan fingerprint density at radius 3 is 2.69 bits per heavy atom. The second kappa shape index (κ2) is 8.83. The van der Waals surface area contributed by atoms with Crippen LogP contribution in [-0.2, 0) is 6.54 Å².